The van der Waals surface area contributed by atoms with Crippen LogP contribution in [0.5, 0.6) is 0 Å². The molecule has 2 heteroatoms. The quantitative estimate of drug-likeness (QED) is 0.151. The number of nitrogens with zero attached hydrogens (tertiary/aromatic N) is 1. The van der Waals surface area contributed by atoms with E-state index in [2.05, 4.69) is 243 Å². The highest BCUT2D eigenvalue weighted by molar-refractivity contribution is 7.25. The standard InChI is InChI=1S/C63H43NS/c1-63(2)57-27-15-13-24-51(57)52-31-30-45(39-58(52)63)64(46-36-43(40-17-5-3-6-18-40)35-44(37-46)41-19-7-4-8-20-41)62-47(42-29-34-60-56(38-42)53-25-14-16-28-59(53)65-60)32-33-55-50-23-10-9-21-48(50)49-22-11-12-26-54(49)61(55)62/h3-39H,1-2H3. The molecule has 11 aromatic carbocycles. The fraction of sp³-hybridized carbons (Fsp3) is 0.0476. The maximum absolute atomic E-state index is 2.60. The minimum absolute atomic E-state index is 0.190. The van der Waals surface area contributed by atoms with Crippen LogP contribution < -0.4 is 4.90 Å². The molecular formula is C63H43NS. The lowest BCUT2D eigenvalue weighted by molar-refractivity contribution is 0.660. The summed E-state index contributed by atoms with van der Waals surface area (Å²) in [5.41, 5.74) is 15.6. The molecule has 0 aliphatic heterocycles. The number of fused-ring (bicyclic) bond motifs is 12. The number of rotatable bonds is 6. The van der Waals surface area contributed by atoms with Gasteiger partial charge in [-0.15, -0.1) is 11.3 Å². The van der Waals surface area contributed by atoms with Crippen LogP contribution in [0.3, 0.4) is 0 Å². The predicted molar refractivity (Wildman–Crippen MR) is 280 cm³/mol. The van der Waals surface area contributed by atoms with E-state index < -0.39 is 0 Å². The Morgan fingerprint density at radius 3 is 1.57 bits per heavy atom. The van der Waals surface area contributed by atoms with Crippen molar-refractivity contribution in [2.45, 2.75) is 19.3 Å². The average molecular weight is 846 g/mol. The maximum Gasteiger partial charge on any atom is 0.0624 e. The third kappa shape index (κ3) is 5.91. The lowest BCUT2D eigenvalue weighted by atomic mass is 9.82. The lowest BCUT2D eigenvalue weighted by Gasteiger charge is -2.32. The van der Waals surface area contributed by atoms with Crippen LogP contribution in [0.2, 0.25) is 0 Å². The van der Waals surface area contributed by atoms with Crippen molar-refractivity contribution < 1.29 is 0 Å². The largest absolute Gasteiger partial charge is 0.309 e. The first-order valence-corrected chi connectivity index (χ1v) is 23.4. The molecule has 0 radical (unpaired) electrons. The van der Waals surface area contributed by atoms with E-state index in [-0.39, 0.29) is 5.41 Å². The summed E-state index contributed by atoms with van der Waals surface area (Å²) in [6.07, 6.45) is 0. The third-order valence-corrected chi connectivity index (χ3v) is 15.2. The second kappa shape index (κ2) is 14.6. The Bertz CT molecular complexity index is 3770. The van der Waals surface area contributed by atoms with Gasteiger partial charge in [-0.3, -0.25) is 0 Å². The molecule has 1 aliphatic carbocycles. The summed E-state index contributed by atoms with van der Waals surface area (Å²) < 4.78 is 2.61. The zero-order valence-electron chi connectivity index (χ0n) is 36.2. The van der Waals surface area contributed by atoms with Crippen LogP contribution in [-0.4, -0.2) is 0 Å². The molecule has 0 saturated carbocycles. The van der Waals surface area contributed by atoms with E-state index in [0.29, 0.717) is 0 Å². The van der Waals surface area contributed by atoms with Crippen molar-refractivity contribution >= 4 is 80.9 Å². The SMILES string of the molecule is CC1(C)c2ccccc2-c2ccc(N(c3cc(-c4ccccc4)cc(-c4ccccc4)c3)c3c(-c4ccc5sc6ccccc6c5c4)ccc4c5ccccc5c5ccccc5c34)cc21. The summed E-state index contributed by atoms with van der Waals surface area (Å²) in [6.45, 7) is 4.78. The highest BCUT2D eigenvalue weighted by Crippen LogP contribution is 2.54. The third-order valence-electron chi connectivity index (χ3n) is 14.0. The van der Waals surface area contributed by atoms with Crippen LogP contribution in [-0.2, 0) is 5.41 Å². The van der Waals surface area contributed by atoms with Gasteiger partial charge in [-0.1, -0.05) is 190 Å². The molecule has 0 fully saturated rings. The summed E-state index contributed by atoms with van der Waals surface area (Å²) in [5.74, 6) is 0. The molecule has 0 spiro atoms. The van der Waals surface area contributed by atoms with Gasteiger partial charge in [0.15, 0.2) is 0 Å². The van der Waals surface area contributed by atoms with Crippen LogP contribution in [0.4, 0.5) is 17.1 Å². The lowest BCUT2D eigenvalue weighted by Crippen LogP contribution is -2.17. The summed E-state index contributed by atoms with van der Waals surface area (Å²) in [4.78, 5) is 2.60. The highest BCUT2D eigenvalue weighted by Gasteiger charge is 2.36. The van der Waals surface area contributed by atoms with E-state index in [0.717, 1.165) is 11.4 Å². The Hall–Kier alpha value is -7.78. The van der Waals surface area contributed by atoms with E-state index >= 15 is 0 Å². The molecule has 0 bridgehead atoms. The van der Waals surface area contributed by atoms with Crippen molar-refractivity contribution in [3.8, 4) is 44.5 Å². The van der Waals surface area contributed by atoms with Crippen LogP contribution in [0, 0.1) is 0 Å². The smallest absolute Gasteiger partial charge is 0.0624 e. The Morgan fingerprint density at radius 2 is 0.862 bits per heavy atom. The second-order valence-corrected chi connectivity index (χ2v) is 19.1. The number of benzene rings is 11. The van der Waals surface area contributed by atoms with Gasteiger partial charge in [0.1, 0.15) is 0 Å². The molecule has 13 rings (SSSR count). The van der Waals surface area contributed by atoms with E-state index in [1.54, 1.807) is 0 Å². The van der Waals surface area contributed by atoms with Gasteiger partial charge >= 0.3 is 0 Å². The molecule has 65 heavy (non-hydrogen) atoms. The zero-order chi connectivity index (χ0) is 43.2. The van der Waals surface area contributed by atoms with Crippen molar-refractivity contribution in [1.29, 1.82) is 0 Å². The molecule has 0 unspecified atom stereocenters. The van der Waals surface area contributed by atoms with Crippen molar-refractivity contribution in [3.05, 3.63) is 236 Å². The predicted octanol–water partition coefficient (Wildman–Crippen LogP) is 18.3. The number of thiophene rings is 1. The zero-order valence-corrected chi connectivity index (χ0v) is 37.0. The number of hydrogen-bond acceptors (Lipinski definition) is 2. The summed E-state index contributed by atoms with van der Waals surface area (Å²) in [6, 6.07) is 83.9. The van der Waals surface area contributed by atoms with E-state index in [9.17, 15) is 0 Å². The first-order valence-electron chi connectivity index (χ1n) is 22.6. The summed E-state index contributed by atoms with van der Waals surface area (Å²) in [5, 5.41) is 10.1. The van der Waals surface area contributed by atoms with Crippen LogP contribution in [0.1, 0.15) is 25.0 Å². The van der Waals surface area contributed by atoms with E-state index in [4.69, 9.17) is 0 Å². The van der Waals surface area contributed by atoms with Gasteiger partial charge in [-0.05, 0) is 126 Å². The number of hydrogen-bond donors (Lipinski definition) is 0. The minimum Gasteiger partial charge on any atom is -0.309 e. The number of anilines is 3. The summed E-state index contributed by atoms with van der Waals surface area (Å²) >= 11 is 1.87. The highest BCUT2D eigenvalue weighted by atomic mass is 32.1. The van der Waals surface area contributed by atoms with Gasteiger partial charge in [-0.2, -0.15) is 0 Å². The molecule has 1 aliphatic rings. The van der Waals surface area contributed by atoms with Gasteiger partial charge in [0, 0.05) is 47.9 Å². The monoisotopic (exact) mass is 845 g/mol. The van der Waals surface area contributed by atoms with Crippen LogP contribution in [0.25, 0.3) is 97.0 Å². The van der Waals surface area contributed by atoms with Gasteiger partial charge < -0.3 is 4.90 Å². The van der Waals surface area contributed by atoms with Crippen molar-refractivity contribution in [2.75, 3.05) is 4.90 Å². The normalized spacial score (nSPS) is 12.9. The molecule has 0 N–H and O–H groups in total. The van der Waals surface area contributed by atoms with E-state index in [1.165, 1.54) is 114 Å². The molecule has 12 aromatic rings. The molecule has 0 saturated heterocycles. The maximum atomic E-state index is 2.60. The molecule has 1 aromatic heterocycles. The average Bonchev–Trinajstić information content (AvgIpc) is 3.85. The fourth-order valence-corrected chi connectivity index (χ4v) is 12.0. The summed E-state index contributed by atoms with van der Waals surface area (Å²) in [7, 11) is 0. The Labute approximate surface area is 383 Å². The van der Waals surface area contributed by atoms with Crippen molar-refractivity contribution in [2.24, 2.45) is 0 Å². The van der Waals surface area contributed by atoms with Gasteiger partial charge in [0.2, 0.25) is 0 Å². The van der Waals surface area contributed by atoms with Crippen molar-refractivity contribution in [1.82, 2.24) is 0 Å². The molecule has 0 atom stereocenters. The molecule has 1 heterocycles. The van der Waals surface area contributed by atoms with Crippen LogP contribution in [0.15, 0.2) is 224 Å². The molecular weight excluding hydrogens is 803 g/mol. The van der Waals surface area contributed by atoms with Crippen LogP contribution >= 0.6 is 11.3 Å². The Kier molecular flexibility index (Phi) is 8.50. The first-order chi connectivity index (χ1) is 32.0. The first kappa shape index (κ1) is 37.7. The van der Waals surface area contributed by atoms with E-state index in [1.807, 2.05) is 11.3 Å². The van der Waals surface area contributed by atoms with Gasteiger partial charge in [0.05, 0.1) is 5.69 Å². The topological polar surface area (TPSA) is 3.24 Å². The molecule has 306 valence electrons. The molecule has 1 nitrogen and oxygen atoms in total. The second-order valence-electron chi connectivity index (χ2n) is 18.0. The fourth-order valence-electron chi connectivity index (χ4n) is 10.9. The Morgan fingerprint density at radius 1 is 0.323 bits per heavy atom. The van der Waals surface area contributed by atoms with Crippen molar-refractivity contribution in [3.63, 3.8) is 0 Å². The Balaban J connectivity index is 1.20. The van der Waals surface area contributed by atoms with Gasteiger partial charge in [-0.25, -0.2) is 0 Å². The molecule has 0 amide bonds. The van der Waals surface area contributed by atoms with Gasteiger partial charge in [0.25, 0.3) is 0 Å². The minimum atomic E-state index is -0.190.